The van der Waals surface area contributed by atoms with Crippen LogP contribution in [0.5, 0.6) is 0 Å². The minimum Gasteiger partial charge on any atom is -0.469 e. The maximum atomic E-state index is 5.41. The first-order valence-corrected chi connectivity index (χ1v) is 5.33. The molecule has 1 heterocycles. The van der Waals surface area contributed by atoms with E-state index in [-0.39, 0.29) is 6.10 Å². The molecule has 0 amide bonds. The standard InChI is InChI=1S/C14H15O2/c1-15-14(11-13-8-5-9-16-13)10-12-6-3-2-4-7-12/h2-9,11,14H,10H2,1H3. The molecule has 2 aromatic rings. The van der Waals surface area contributed by atoms with Crippen LogP contribution in [0.4, 0.5) is 0 Å². The molecule has 0 aliphatic carbocycles. The Hall–Kier alpha value is -1.54. The monoisotopic (exact) mass is 215 g/mol. The molecule has 1 aromatic heterocycles. The third-order valence-corrected chi connectivity index (χ3v) is 2.48. The Kier molecular flexibility index (Phi) is 3.78. The minimum atomic E-state index is 0.0496. The van der Waals surface area contributed by atoms with Crippen molar-refractivity contribution in [3.05, 3.63) is 66.5 Å². The number of ether oxygens (including phenoxy) is 1. The molecule has 0 fully saturated rings. The van der Waals surface area contributed by atoms with E-state index < -0.39 is 0 Å². The summed E-state index contributed by atoms with van der Waals surface area (Å²) in [5, 5.41) is 0. The molecule has 0 bridgehead atoms. The molecular formula is C14H15O2. The van der Waals surface area contributed by atoms with E-state index in [2.05, 4.69) is 12.1 Å². The van der Waals surface area contributed by atoms with Crippen LogP contribution in [0, 0.1) is 6.42 Å². The molecule has 2 nitrogen and oxygen atoms in total. The molecular weight excluding hydrogens is 200 g/mol. The summed E-state index contributed by atoms with van der Waals surface area (Å²) in [4.78, 5) is 0. The van der Waals surface area contributed by atoms with E-state index in [0.29, 0.717) is 0 Å². The predicted molar refractivity (Wildman–Crippen MR) is 63.1 cm³/mol. The highest BCUT2D eigenvalue weighted by atomic mass is 16.5. The van der Waals surface area contributed by atoms with Crippen molar-refractivity contribution in [2.45, 2.75) is 12.5 Å². The highest BCUT2D eigenvalue weighted by Crippen LogP contribution is 2.13. The van der Waals surface area contributed by atoms with Crippen LogP contribution in [-0.2, 0) is 11.2 Å². The lowest BCUT2D eigenvalue weighted by Crippen LogP contribution is -2.14. The Morgan fingerprint density at radius 3 is 2.62 bits per heavy atom. The molecule has 2 rings (SSSR count). The minimum absolute atomic E-state index is 0.0496. The highest BCUT2D eigenvalue weighted by Gasteiger charge is 2.11. The van der Waals surface area contributed by atoms with Gasteiger partial charge in [-0.2, -0.15) is 0 Å². The van der Waals surface area contributed by atoms with Crippen molar-refractivity contribution in [1.82, 2.24) is 0 Å². The number of methoxy groups -OCH3 is 1. The number of hydrogen-bond acceptors (Lipinski definition) is 2. The molecule has 1 unspecified atom stereocenters. The van der Waals surface area contributed by atoms with E-state index in [1.165, 1.54) is 5.56 Å². The van der Waals surface area contributed by atoms with E-state index >= 15 is 0 Å². The Morgan fingerprint density at radius 1 is 1.19 bits per heavy atom. The predicted octanol–water partition coefficient (Wildman–Crippen LogP) is 3.09. The summed E-state index contributed by atoms with van der Waals surface area (Å²) in [5.41, 5.74) is 1.26. The van der Waals surface area contributed by atoms with Gasteiger partial charge in [-0.3, -0.25) is 0 Å². The normalized spacial score (nSPS) is 12.6. The Morgan fingerprint density at radius 2 is 2.00 bits per heavy atom. The molecule has 16 heavy (non-hydrogen) atoms. The summed E-state index contributed by atoms with van der Waals surface area (Å²) in [7, 11) is 1.72. The van der Waals surface area contributed by atoms with Crippen molar-refractivity contribution in [2.75, 3.05) is 7.11 Å². The fourth-order valence-electron chi connectivity index (χ4n) is 1.63. The zero-order valence-corrected chi connectivity index (χ0v) is 9.30. The van der Waals surface area contributed by atoms with Crippen molar-refractivity contribution in [3.8, 4) is 0 Å². The van der Waals surface area contributed by atoms with Gasteiger partial charge in [0.2, 0.25) is 0 Å². The molecule has 0 spiro atoms. The van der Waals surface area contributed by atoms with Gasteiger partial charge in [-0.15, -0.1) is 0 Å². The molecule has 1 atom stereocenters. The van der Waals surface area contributed by atoms with E-state index in [1.54, 1.807) is 13.4 Å². The highest BCUT2D eigenvalue weighted by molar-refractivity contribution is 5.19. The lowest BCUT2D eigenvalue weighted by molar-refractivity contribution is 0.128. The van der Waals surface area contributed by atoms with Gasteiger partial charge in [-0.1, -0.05) is 30.3 Å². The molecule has 0 aliphatic rings. The van der Waals surface area contributed by atoms with Crippen LogP contribution in [0.1, 0.15) is 11.3 Å². The maximum Gasteiger partial charge on any atom is 0.110 e. The van der Waals surface area contributed by atoms with Gasteiger partial charge in [0.05, 0.1) is 18.8 Å². The first kappa shape index (κ1) is 11.0. The van der Waals surface area contributed by atoms with Gasteiger partial charge in [-0.25, -0.2) is 0 Å². The van der Waals surface area contributed by atoms with Crippen molar-refractivity contribution in [2.24, 2.45) is 0 Å². The third-order valence-electron chi connectivity index (χ3n) is 2.48. The summed E-state index contributed by atoms with van der Waals surface area (Å²) < 4.78 is 10.7. The van der Waals surface area contributed by atoms with E-state index in [9.17, 15) is 0 Å². The average molecular weight is 215 g/mol. The second-order valence-corrected chi connectivity index (χ2v) is 3.65. The quantitative estimate of drug-likeness (QED) is 0.764. The molecule has 1 aromatic carbocycles. The van der Waals surface area contributed by atoms with Crippen molar-refractivity contribution < 1.29 is 9.15 Å². The summed E-state index contributed by atoms with van der Waals surface area (Å²) in [6.45, 7) is 0. The first-order valence-electron chi connectivity index (χ1n) is 5.33. The molecule has 0 saturated carbocycles. The first-order chi connectivity index (χ1) is 7.88. The lowest BCUT2D eigenvalue weighted by Gasteiger charge is -2.13. The molecule has 83 valence electrons. The summed E-state index contributed by atoms with van der Waals surface area (Å²) in [6, 6.07) is 14.1. The topological polar surface area (TPSA) is 22.4 Å². The number of benzene rings is 1. The number of hydrogen-bond donors (Lipinski definition) is 0. The zero-order valence-electron chi connectivity index (χ0n) is 9.30. The van der Waals surface area contributed by atoms with Crippen LogP contribution in [0.2, 0.25) is 0 Å². The second-order valence-electron chi connectivity index (χ2n) is 3.65. The Bertz CT molecular complexity index is 392. The number of furan rings is 1. The number of rotatable bonds is 5. The fourth-order valence-corrected chi connectivity index (χ4v) is 1.63. The van der Waals surface area contributed by atoms with Gasteiger partial charge >= 0.3 is 0 Å². The second kappa shape index (κ2) is 5.52. The Labute approximate surface area is 95.9 Å². The zero-order chi connectivity index (χ0) is 11.2. The van der Waals surface area contributed by atoms with Crippen molar-refractivity contribution in [1.29, 1.82) is 0 Å². The average Bonchev–Trinajstić information content (AvgIpc) is 2.82. The van der Waals surface area contributed by atoms with Crippen molar-refractivity contribution >= 4 is 0 Å². The molecule has 1 radical (unpaired) electrons. The van der Waals surface area contributed by atoms with Gasteiger partial charge in [0.15, 0.2) is 0 Å². The van der Waals surface area contributed by atoms with Crippen LogP contribution in [0.25, 0.3) is 0 Å². The molecule has 0 aliphatic heterocycles. The van der Waals surface area contributed by atoms with Gasteiger partial charge in [0, 0.05) is 7.11 Å². The molecule has 0 N–H and O–H groups in total. The fraction of sp³-hybridized carbons (Fsp3) is 0.214. The smallest absolute Gasteiger partial charge is 0.110 e. The van der Waals surface area contributed by atoms with Crippen LogP contribution in [-0.4, -0.2) is 13.2 Å². The van der Waals surface area contributed by atoms with Crippen molar-refractivity contribution in [3.63, 3.8) is 0 Å². The molecule has 2 heteroatoms. The Balaban J connectivity index is 1.96. The van der Waals surface area contributed by atoms with Crippen LogP contribution in [0.3, 0.4) is 0 Å². The summed E-state index contributed by atoms with van der Waals surface area (Å²) in [5.74, 6) is 0.850. The van der Waals surface area contributed by atoms with Crippen LogP contribution in [0.15, 0.2) is 53.1 Å². The van der Waals surface area contributed by atoms with Crippen LogP contribution >= 0.6 is 0 Å². The third kappa shape index (κ3) is 2.97. The van der Waals surface area contributed by atoms with E-state index in [0.717, 1.165) is 12.2 Å². The molecule has 0 saturated heterocycles. The maximum absolute atomic E-state index is 5.41. The lowest BCUT2D eigenvalue weighted by atomic mass is 10.0. The van der Waals surface area contributed by atoms with Crippen LogP contribution < -0.4 is 0 Å². The van der Waals surface area contributed by atoms with E-state index in [1.807, 2.05) is 36.8 Å². The largest absolute Gasteiger partial charge is 0.469 e. The van der Waals surface area contributed by atoms with Gasteiger partial charge in [0.25, 0.3) is 0 Å². The van der Waals surface area contributed by atoms with E-state index in [4.69, 9.17) is 9.15 Å². The summed E-state index contributed by atoms with van der Waals surface area (Å²) in [6.07, 6.45) is 4.57. The summed E-state index contributed by atoms with van der Waals surface area (Å²) >= 11 is 0. The SMILES string of the molecule is COC([CH]c1ccco1)Cc1ccccc1. The van der Waals surface area contributed by atoms with Gasteiger partial charge in [0.1, 0.15) is 5.76 Å². The van der Waals surface area contributed by atoms with Gasteiger partial charge in [-0.05, 0) is 24.1 Å². The van der Waals surface area contributed by atoms with Gasteiger partial charge < -0.3 is 9.15 Å².